The number of esters is 1. The third-order valence-electron chi connectivity index (χ3n) is 6.11. The Hall–Kier alpha value is -2.17. The number of ether oxygens (including phenoxy) is 1. The molecule has 2 atom stereocenters. The van der Waals surface area contributed by atoms with Gasteiger partial charge in [0.05, 0.1) is 5.71 Å². The topological polar surface area (TPSA) is 65.0 Å². The van der Waals surface area contributed by atoms with Gasteiger partial charge in [-0.2, -0.15) is 0 Å². The highest BCUT2D eigenvalue weighted by Crippen LogP contribution is 2.64. The Labute approximate surface area is 142 Å². The fourth-order valence-corrected chi connectivity index (χ4v) is 4.09. The minimum Gasteiger partial charge on any atom is -0.426 e. The Morgan fingerprint density at radius 1 is 1.21 bits per heavy atom. The summed E-state index contributed by atoms with van der Waals surface area (Å²) in [5.74, 6) is -0.310. The van der Waals surface area contributed by atoms with Crippen LogP contribution in [0.2, 0.25) is 0 Å². The van der Waals surface area contributed by atoms with E-state index in [-0.39, 0.29) is 22.1 Å². The number of nitrogens with zero attached hydrogens (tertiary/aromatic N) is 1. The molecule has 2 aliphatic carbocycles. The van der Waals surface area contributed by atoms with Crippen molar-refractivity contribution in [1.82, 2.24) is 0 Å². The molecule has 1 aromatic carbocycles. The molecule has 0 radical (unpaired) electrons. The minimum absolute atomic E-state index is 0.0205. The number of hydrogen-bond donors (Lipinski definition) is 0. The third kappa shape index (κ3) is 2.52. The van der Waals surface area contributed by atoms with Gasteiger partial charge in [-0.25, -0.2) is 4.79 Å². The summed E-state index contributed by atoms with van der Waals surface area (Å²) in [5.41, 5.74) is 1.31. The highest BCUT2D eigenvalue weighted by Gasteiger charge is 2.60. The number of benzene rings is 1. The van der Waals surface area contributed by atoms with E-state index in [2.05, 4.69) is 25.9 Å². The maximum atomic E-state index is 12.4. The van der Waals surface area contributed by atoms with Gasteiger partial charge < -0.3 is 9.57 Å². The van der Waals surface area contributed by atoms with Crippen molar-refractivity contribution in [3.63, 3.8) is 0 Å². The number of rotatable bonds is 3. The third-order valence-corrected chi connectivity index (χ3v) is 6.11. The van der Waals surface area contributed by atoms with Gasteiger partial charge in [0.25, 0.3) is 0 Å². The van der Waals surface area contributed by atoms with Crippen molar-refractivity contribution in [1.29, 1.82) is 0 Å². The van der Waals surface area contributed by atoms with Crippen molar-refractivity contribution in [2.75, 3.05) is 0 Å². The van der Waals surface area contributed by atoms with E-state index in [1.165, 1.54) is 13.3 Å². The normalized spacial score (nSPS) is 28.8. The van der Waals surface area contributed by atoms with Gasteiger partial charge in [0.15, 0.2) is 0 Å². The molecule has 5 nitrogen and oxygen atoms in total. The van der Waals surface area contributed by atoms with Crippen LogP contribution in [-0.2, 0) is 9.63 Å². The molecule has 2 saturated carbocycles. The van der Waals surface area contributed by atoms with Crippen LogP contribution in [0.1, 0.15) is 57.3 Å². The molecule has 2 fully saturated rings. The molecule has 2 aliphatic rings. The predicted molar refractivity (Wildman–Crippen MR) is 89.8 cm³/mol. The minimum atomic E-state index is -0.608. The Balaban J connectivity index is 1.79. The molecule has 0 amide bonds. The molecule has 0 unspecified atom stereocenters. The van der Waals surface area contributed by atoms with Crippen molar-refractivity contribution >= 4 is 17.7 Å². The van der Waals surface area contributed by atoms with E-state index in [1.807, 2.05) is 0 Å². The molecular formula is C19H23NO4. The van der Waals surface area contributed by atoms with Crippen LogP contribution in [0.4, 0.5) is 0 Å². The Bertz CT molecular complexity index is 722. The van der Waals surface area contributed by atoms with Crippen molar-refractivity contribution in [3.05, 3.63) is 29.8 Å². The number of carbonyl (C=O) groups excluding carboxylic acids is 2. The summed E-state index contributed by atoms with van der Waals surface area (Å²) in [5, 5.41) is 4.20. The summed E-state index contributed by atoms with van der Waals surface area (Å²) >= 11 is 0. The van der Waals surface area contributed by atoms with Gasteiger partial charge in [0, 0.05) is 12.3 Å². The van der Waals surface area contributed by atoms with E-state index in [9.17, 15) is 9.59 Å². The van der Waals surface area contributed by atoms with Crippen LogP contribution in [0.3, 0.4) is 0 Å². The maximum absolute atomic E-state index is 12.4. The summed E-state index contributed by atoms with van der Waals surface area (Å²) in [6, 6.07) is 6.51. The number of fused-ring (bicyclic) bond motifs is 2. The van der Waals surface area contributed by atoms with Crippen LogP contribution >= 0.6 is 0 Å². The second kappa shape index (κ2) is 5.72. The van der Waals surface area contributed by atoms with E-state index < -0.39 is 11.9 Å². The molecule has 0 aromatic heterocycles. The fourth-order valence-electron chi connectivity index (χ4n) is 4.09. The lowest BCUT2D eigenvalue weighted by molar-refractivity contribution is -0.131. The average Bonchev–Trinajstić information content (AvgIpc) is 2.85. The first-order valence-corrected chi connectivity index (χ1v) is 8.32. The molecular weight excluding hydrogens is 306 g/mol. The molecule has 2 bridgehead atoms. The number of oxime groups is 1. The van der Waals surface area contributed by atoms with E-state index in [4.69, 9.17) is 9.57 Å². The smallest absolute Gasteiger partial charge is 0.369 e. The van der Waals surface area contributed by atoms with Crippen molar-refractivity contribution in [2.24, 2.45) is 21.9 Å². The molecule has 0 heterocycles. The summed E-state index contributed by atoms with van der Waals surface area (Å²) in [7, 11) is 0. The molecule has 1 aromatic rings. The van der Waals surface area contributed by atoms with Gasteiger partial charge in [0.2, 0.25) is 0 Å². The first-order valence-electron chi connectivity index (χ1n) is 8.32. The van der Waals surface area contributed by atoms with Gasteiger partial charge in [-0.3, -0.25) is 4.79 Å². The lowest BCUT2D eigenvalue weighted by atomic mass is 9.70. The molecule has 0 N–H and O–H groups in total. The lowest BCUT2D eigenvalue weighted by Gasteiger charge is -2.34. The summed E-state index contributed by atoms with van der Waals surface area (Å²) < 4.78 is 5.05. The zero-order valence-corrected chi connectivity index (χ0v) is 14.6. The van der Waals surface area contributed by atoms with Crippen LogP contribution in [0.15, 0.2) is 29.4 Å². The SMILES string of the molecule is CC(=O)Oc1ccccc1C(=O)O/N=C1/C[C@@H]2CC[C@@]1(C)C2(C)C. The summed E-state index contributed by atoms with van der Waals surface area (Å²) in [6.07, 6.45) is 3.15. The average molecular weight is 329 g/mol. The van der Waals surface area contributed by atoms with Crippen molar-refractivity contribution in [2.45, 2.75) is 47.0 Å². The van der Waals surface area contributed by atoms with Gasteiger partial charge in [-0.1, -0.05) is 38.1 Å². The zero-order valence-electron chi connectivity index (χ0n) is 14.6. The monoisotopic (exact) mass is 329 g/mol. The Kier molecular flexibility index (Phi) is 3.98. The van der Waals surface area contributed by atoms with E-state index >= 15 is 0 Å². The lowest BCUT2D eigenvalue weighted by Crippen LogP contribution is -2.32. The zero-order chi connectivity index (χ0) is 17.5. The van der Waals surface area contributed by atoms with Crippen molar-refractivity contribution < 1.29 is 19.2 Å². The second-order valence-corrected chi connectivity index (χ2v) is 7.50. The van der Waals surface area contributed by atoms with Crippen LogP contribution in [0.5, 0.6) is 5.75 Å². The molecule has 0 aliphatic heterocycles. The fraction of sp³-hybridized carbons (Fsp3) is 0.526. The molecule has 128 valence electrons. The molecule has 0 spiro atoms. The quantitative estimate of drug-likeness (QED) is 0.364. The van der Waals surface area contributed by atoms with Crippen molar-refractivity contribution in [3.8, 4) is 5.75 Å². The molecule has 0 saturated heterocycles. The molecule has 5 heteroatoms. The van der Waals surface area contributed by atoms with Gasteiger partial charge >= 0.3 is 11.9 Å². The highest BCUT2D eigenvalue weighted by molar-refractivity contribution is 5.96. The first kappa shape index (κ1) is 16.7. The largest absolute Gasteiger partial charge is 0.426 e. The molecule has 3 rings (SSSR count). The summed E-state index contributed by atoms with van der Waals surface area (Å²) in [6.45, 7) is 8.04. The number of hydrogen-bond acceptors (Lipinski definition) is 5. The van der Waals surface area contributed by atoms with Crippen LogP contribution in [-0.4, -0.2) is 17.7 Å². The first-order chi connectivity index (χ1) is 11.3. The Morgan fingerprint density at radius 2 is 1.92 bits per heavy atom. The van der Waals surface area contributed by atoms with Gasteiger partial charge in [-0.05, 0) is 42.7 Å². The van der Waals surface area contributed by atoms with Crippen LogP contribution < -0.4 is 4.74 Å². The van der Waals surface area contributed by atoms with Crippen LogP contribution in [0, 0.1) is 16.7 Å². The van der Waals surface area contributed by atoms with Crippen LogP contribution in [0.25, 0.3) is 0 Å². The summed E-state index contributed by atoms with van der Waals surface area (Å²) in [4.78, 5) is 28.7. The Morgan fingerprint density at radius 3 is 2.50 bits per heavy atom. The van der Waals surface area contributed by atoms with E-state index in [0.29, 0.717) is 5.92 Å². The van der Waals surface area contributed by atoms with Gasteiger partial charge in [0.1, 0.15) is 11.3 Å². The number of carbonyl (C=O) groups is 2. The predicted octanol–water partition coefficient (Wildman–Crippen LogP) is 3.97. The van der Waals surface area contributed by atoms with Gasteiger partial charge in [-0.15, -0.1) is 0 Å². The van der Waals surface area contributed by atoms with E-state index in [0.717, 1.165) is 18.6 Å². The van der Waals surface area contributed by atoms with E-state index in [1.54, 1.807) is 24.3 Å². The second-order valence-electron chi connectivity index (χ2n) is 7.50. The standard InChI is InChI=1S/C19H23NO4/c1-12(21)23-15-8-6-5-7-14(15)17(22)24-20-16-11-13-9-10-19(16,4)18(13,2)3/h5-8,13H,9-11H2,1-4H3/b20-16-/t13-,19+/m0/s1. The number of para-hydroxylation sites is 1. The molecule has 24 heavy (non-hydrogen) atoms. The highest BCUT2D eigenvalue weighted by atomic mass is 16.7. The maximum Gasteiger partial charge on any atom is 0.369 e.